The zero-order valence-electron chi connectivity index (χ0n) is 18.7. The molecule has 6 atom stereocenters. The van der Waals surface area contributed by atoms with E-state index in [1.165, 1.54) is 6.92 Å². The first kappa shape index (κ1) is 28.1. The number of aliphatic hydroxyl groups is 3. The van der Waals surface area contributed by atoms with E-state index in [9.17, 15) is 34.5 Å². The van der Waals surface area contributed by atoms with Crippen molar-refractivity contribution >= 4 is 23.6 Å². The topological polar surface area (TPSA) is 162 Å². The lowest BCUT2D eigenvalue weighted by molar-refractivity contribution is -0.163. The van der Waals surface area contributed by atoms with Crippen LogP contribution in [0.25, 0.3) is 0 Å². The normalized spacial score (nSPS) is 17.6. The number of amides is 4. The lowest BCUT2D eigenvalue weighted by Gasteiger charge is -2.28. The summed E-state index contributed by atoms with van der Waals surface area (Å²) >= 11 is 0. The van der Waals surface area contributed by atoms with Crippen molar-refractivity contribution in [2.75, 3.05) is 6.61 Å². The molecule has 0 aliphatic heterocycles. The Balaban J connectivity index is 5.22. The molecule has 0 radical (unpaired) electrons. The molecule has 0 saturated carbocycles. The largest absolute Gasteiger partial charge is 0.387 e. The second-order valence-electron chi connectivity index (χ2n) is 8.07. The van der Waals surface area contributed by atoms with Gasteiger partial charge < -0.3 is 20.1 Å². The predicted octanol–water partition coefficient (Wildman–Crippen LogP) is -0.656. The van der Waals surface area contributed by atoms with Crippen molar-refractivity contribution in [1.82, 2.24) is 10.6 Å². The van der Waals surface area contributed by atoms with Gasteiger partial charge in [-0.15, -0.1) is 0 Å². The third kappa shape index (κ3) is 8.10. The first-order valence-electron chi connectivity index (χ1n) is 10.1. The molecule has 5 N–H and O–H groups in total. The van der Waals surface area contributed by atoms with E-state index in [2.05, 4.69) is 5.32 Å². The van der Waals surface area contributed by atoms with Gasteiger partial charge in [0.15, 0.2) is 12.2 Å². The summed E-state index contributed by atoms with van der Waals surface area (Å²) < 4.78 is 5.12. The SMILES string of the molecule is CCO[C@@H](C(=O)NC(=O)[C@@H](C)C(C)C)[C@H](O)[C@@H](O)[C@@H](O)C(=O)NC(=O)[C@@H](C)C(C)C. The van der Waals surface area contributed by atoms with Crippen LogP contribution in [0.4, 0.5) is 0 Å². The van der Waals surface area contributed by atoms with E-state index < -0.39 is 59.9 Å². The van der Waals surface area contributed by atoms with Gasteiger partial charge in [-0.05, 0) is 18.8 Å². The Morgan fingerprint density at radius 1 is 0.700 bits per heavy atom. The molecule has 0 aromatic rings. The maximum absolute atomic E-state index is 12.4. The van der Waals surface area contributed by atoms with E-state index in [-0.39, 0.29) is 18.4 Å². The highest BCUT2D eigenvalue weighted by atomic mass is 16.5. The molecule has 10 heteroatoms. The Morgan fingerprint density at radius 2 is 1.10 bits per heavy atom. The number of nitrogens with one attached hydrogen (secondary N) is 2. The maximum Gasteiger partial charge on any atom is 0.258 e. The fourth-order valence-electron chi connectivity index (χ4n) is 2.25. The zero-order chi connectivity index (χ0) is 23.8. The van der Waals surface area contributed by atoms with Crippen molar-refractivity contribution in [2.45, 2.75) is 72.9 Å². The van der Waals surface area contributed by atoms with Crippen LogP contribution in [-0.4, -0.2) is 70.0 Å². The molecule has 174 valence electrons. The van der Waals surface area contributed by atoms with Gasteiger partial charge in [0.05, 0.1) is 0 Å². The van der Waals surface area contributed by atoms with Gasteiger partial charge in [-0.3, -0.25) is 29.8 Å². The molecule has 30 heavy (non-hydrogen) atoms. The fourth-order valence-corrected chi connectivity index (χ4v) is 2.25. The Labute approximate surface area is 177 Å². The number of imide groups is 2. The smallest absolute Gasteiger partial charge is 0.258 e. The third-order valence-electron chi connectivity index (χ3n) is 5.18. The van der Waals surface area contributed by atoms with E-state index >= 15 is 0 Å². The van der Waals surface area contributed by atoms with Gasteiger partial charge in [0.2, 0.25) is 11.8 Å². The van der Waals surface area contributed by atoms with E-state index in [1.807, 2.05) is 5.32 Å². The molecular weight excluding hydrogens is 396 g/mol. The molecule has 10 nitrogen and oxygen atoms in total. The molecule has 0 aromatic carbocycles. The van der Waals surface area contributed by atoms with Gasteiger partial charge in [-0.2, -0.15) is 0 Å². The van der Waals surface area contributed by atoms with Gasteiger partial charge >= 0.3 is 0 Å². The van der Waals surface area contributed by atoms with Crippen LogP contribution in [0.1, 0.15) is 48.5 Å². The van der Waals surface area contributed by atoms with E-state index in [0.29, 0.717) is 0 Å². The number of carbonyl (C=O) groups excluding carboxylic acids is 4. The minimum Gasteiger partial charge on any atom is -0.387 e. The average Bonchev–Trinajstić information content (AvgIpc) is 2.68. The Morgan fingerprint density at radius 3 is 1.47 bits per heavy atom. The second kappa shape index (κ2) is 12.7. The van der Waals surface area contributed by atoms with Crippen molar-refractivity contribution in [2.24, 2.45) is 23.7 Å². The van der Waals surface area contributed by atoms with Crippen LogP contribution in [0, 0.1) is 23.7 Å². The molecule has 0 saturated heterocycles. The number of hydrogen-bond acceptors (Lipinski definition) is 8. The molecule has 0 heterocycles. The number of carbonyl (C=O) groups is 4. The van der Waals surface area contributed by atoms with Gasteiger partial charge in [0, 0.05) is 18.4 Å². The summed E-state index contributed by atoms with van der Waals surface area (Å²) in [7, 11) is 0. The van der Waals surface area contributed by atoms with Crippen LogP contribution in [0.15, 0.2) is 0 Å². The minimum atomic E-state index is -2.20. The highest BCUT2D eigenvalue weighted by Gasteiger charge is 2.40. The van der Waals surface area contributed by atoms with Crippen molar-refractivity contribution in [3.8, 4) is 0 Å². The Kier molecular flexibility index (Phi) is 11.9. The standard InChI is InChI=1S/C20H36N2O8/c1-8-30-16(20(29)22-18(27)12(7)10(4)5)14(24)13(23)15(25)19(28)21-17(26)11(6)9(2)3/h9-16,23-25H,8H2,1-7H3,(H,21,26,28)(H,22,27,29)/t11-,12-,13+,14+,15+,16+/m0/s1. The lowest BCUT2D eigenvalue weighted by atomic mass is 9.96. The van der Waals surface area contributed by atoms with Crippen LogP contribution in [-0.2, 0) is 23.9 Å². The first-order valence-corrected chi connectivity index (χ1v) is 10.1. The quantitative estimate of drug-likeness (QED) is 0.287. The highest BCUT2D eigenvalue weighted by Crippen LogP contribution is 2.13. The molecule has 0 aromatic heterocycles. The highest BCUT2D eigenvalue weighted by molar-refractivity contribution is 5.99. The summed E-state index contributed by atoms with van der Waals surface area (Å²) in [6.45, 7) is 11.8. The molecule has 0 bridgehead atoms. The summed E-state index contributed by atoms with van der Waals surface area (Å²) in [6.07, 6.45) is -8.11. The maximum atomic E-state index is 12.4. The summed E-state index contributed by atoms with van der Waals surface area (Å²) in [5, 5.41) is 34.6. The molecule has 0 unspecified atom stereocenters. The number of rotatable bonds is 11. The van der Waals surface area contributed by atoms with Gasteiger partial charge in [-0.25, -0.2) is 0 Å². The first-order chi connectivity index (χ1) is 13.8. The van der Waals surface area contributed by atoms with Gasteiger partial charge in [0.25, 0.3) is 11.8 Å². The van der Waals surface area contributed by atoms with Crippen molar-refractivity contribution in [1.29, 1.82) is 0 Å². The molecule has 0 rings (SSSR count). The van der Waals surface area contributed by atoms with Crippen molar-refractivity contribution in [3.05, 3.63) is 0 Å². The van der Waals surface area contributed by atoms with Crippen molar-refractivity contribution in [3.63, 3.8) is 0 Å². The summed E-state index contributed by atoms with van der Waals surface area (Å²) in [4.78, 5) is 48.5. The van der Waals surface area contributed by atoms with E-state index in [0.717, 1.165) is 0 Å². The third-order valence-corrected chi connectivity index (χ3v) is 5.18. The fraction of sp³-hybridized carbons (Fsp3) is 0.800. The number of hydrogen-bond donors (Lipinski definition) is 5. The molecule has 0 aliphatic rings. The monoisotopic (exact) mass is 432 g/mol. The number of ether oxygens (including phenoxy) is 1. The summed E-state index contributed by atoms with van der Waals surface area (Å²) in [6, 6.07) is 0. The zero-order valence-corrected chi connectivity index (χ0v) is 18.7. The van der Waals surface area contributed by atoms with Crippen LogP contribution in [0.5, 0.6) is 0 Å². The minimum absolute atomic E-state index is 0.0462. The molecule has 4 amide bonds. The predicted molar refractivity (Wildman–Crippen MR) is 108 cm³/mol. The van der Waals surface area contributed by atoms with Crippen LogP contribution < -0.4 is 10.6 Å². The van der Waals surface area contributed by atoms with Gasteiger partial charge in [-0.1, -0.05) is 41.5 Å². The Hall–Kier alpha value is -1.88. The van der Waals surface area contributed by atoms with Crippen LogP contribution in [0.2, 0.25) is 0 Å². The summed E-state index contributed by atoms with van der Waals surface area (Å²) in [5.74, 6) is -4.62. The van der Waals surface area contributed by atoms with E-state index in [1.54, 1.807) is 41.5 Å². The van der Waals surface area contributed by atoms with Gasteiger partial charge in [0.1, 0.15) is 12.2 Å². The molecule has 0 fully saturated rings. The van der Waals surface area contributed by atoms with Crippen LogP contribution >= 0.6 is 0 Å². The van der Waals surface area contributed by atoms with Crippen LogP contribution in [0.3, 0.4) is 0 Å². The van der Waals surface area contributed by atoms with Crippen molar-refractivity contribution < 1.29 is 39.2 Å². The molecular formula is C20H36N2O8. The number of aliphatic hydroxyl groups excluding tert-OH is 3. The van der Waals surface area contributed by atoms with E-state index in [4.69, 9.17) is 4.74 Å². The average molecular weight is 433 g/mol. The molecule has 0 aliphatic carbocycles. The molecule has 0 spiro atoms. The second-order valence-corrected chi connectivity index (χ2v) is 8.07. The summed E-state index contributed by atoms with van der Waals surface area (Å²) in [5.41, 5.74) is 0. The lowest BCUT2D eigenvalue weighted by Crippen LogP contribution is -2.57. The Bertz CT molecular complexity index is 608.